The maximum Gasteiger partial charge on any atom is 0.220 e. The fourth-order valence-corrected chi connectivity index (χ4v) is 4.80. The molecule has 0 radical (unpaired) electrons. The van der Waals surface area contributed by atoms with Gasteiger partial charge in [0.1, 0.15) is 0 Å². The lowest BCUT2D eigenvalue weighted by molar-refractivity contribution is -0.122. The van der Waals surface area contributed by atoms with Crippen molar-refractivity contribution in [1.82, 2.24) is 5.32 Å². The molecular weight excluding hydrogens is 236 g/mol. The average Bonchev–Trinajstić information content (AvgIpc) is 3.13. The molecule has 3 heteroatoms. The summed E-state index contributed by atoms with van der Waals surface area (Å²) in [6.45, 7) is 1.53. The van der Waals surface area contributed by atoms with Gasteiger partial charge in [-0.3, -0.25) is 4.79 Å². The van der Waals surface area contributed by atoms with Gasteiger partial charge < -0.3 is 11.1 Å². The van der Waals surface area contributed by atoms with E-state index < -0.39 is 0 Å². The number of amides is 1. The molecule has 0 aromatic rings. The third-order valence-electron chi connectivity index (χ3n) is 6.09. The van der Waals surface area contributed by atoms with Crippen LogP contribution in [0.2, 0.25) is 0 Å². The first-order valence-electron chi connectivity index (χ1n) is 8.17. The van der Waals surface area contributed by atoms with Crippen molar-refractivity contribution in [2.75, 3.05) is 13.1 Å². The number of hydrogen-bond donors (Lipinski definition) is 2. The highest BCUT2D eigenvalue weighted by Crippen LogP contribution is 2.49. The Morgan fingerprint density at radius 2 is 2.00 bits per heavy atom. The Morgan fingerprint density at radius 1 is 1.21 bits per heavy atom. The maximum atomic E-state index is 12.1. The van der Waals surface area contributed by atoms with Crippen molar-refractivity contribution in [3.05, 3.63) is 0 Å². The quantitative estimate of drug-likeness (QED) is 0.801. The molecule has 3 unspecified atom stereocenters. The molecule has 3 aliphatic carbocycles. The predicted octanol–water partition coefficient (Wildman–Crippen LogP) is 2.45. The van der Waals surface area contributed by atoms with Crippen LogP contribution < -0.4 is 11.1 Å². The van der Waals surface area contributed by atoms with E-state index in [1.807, 2.05) is 0 Å². The van der Waals surface area contributed by atoms with E-state index in [-0.39, 0.29) is 11.3 Å². The van der Waals surface area contributed by atoms with Gasteiger partial charge in [-0.2, -0.15) is 0 Å². The smallest absolute Gasteiger partial charge is 0.220 e. The maximum absolute atomic E-state index is 12.1. The molecule has 1 amide bonds. The number of carbonyl (C=O) groups is 1. The number of hydrogen-bond acceptors (Lipinski definition) is 2. The van der Waals surface area contributed by atoms with Crippen LogP contribution >= 0.6 is 0 Å². The van der Waals surface area contributed by atoms with E-state index in [2.05, 4.69) is 5.32 Å². The van der Waals surface area contributed by atoms with Gasteiger partial charge >= 0.3 is 0 Å². The molecule has 0 spiro atoms. The second-order valence-electron chi connectivity index (χ2n) is 7.33. The van der Waals surface area contributed by atoms with Gasteiger partial charge in [0.2, 0.25) is 5.91 Å². The second kappa shape index (κ2) is 5.43. The Morgan fingerprint density at radius 3 is 2.58 bits per heavy atom. The zero-order chi connectivity index (χ0) is 13.3. The van der Waals surface area contributed by atoms with Crippen molar-refractivity contribution in [1.29, 1.82) is 0 Å². The summed E-state index contributed by atoms with van der Waals surface area (Å²) in [5.41, 5.74) is 6.13. The first-order valence-corrected chi connectivity index (χ1v) is 8.17. The molecule has 0 aromatic heterocycles. The summed E-state index contributed by atoms with van der Waals surface area (Å²) >= 11 is 0. The Kier molecular flexibility index (Phi) is 3.84. The Labute approximate surface area is 116 Å². The van der Waals surface area contributed by atoms with Crippen LogP contribution in [0.4, 0.5) is 0 Å². The van der Waals surface area contributed by atoms with Crippen molar-refractivity contribution in [3.8, 4) is 0 Å². The molecule has 3 nitrogen and oxygen atoms in total. The van der Waals surface area contributed by atoms with E-state index >= 15 is 0 Å². The molecule has 2 bridgehead atoms. The van der Waals surface area contributed by atoms with E-state index in [4.69, 9.17) is 5.73 Å². The highest BCUT2D eigenvalue weighted by atomic mass is 16.1. The standard InChI is InChI=1S/C16H28N2O/c17-10-16(5-1-2-6-16)11-18-15(19)9-14-8-12-3-4-13(14)7-12/h12-14H,1-11,17H2,(H,18,19). The summed E-state index contributed by atoms with van der Waals surface area (Å²) in [7, 11) is 0. The van der Waals surface area contributed by atoms with Gasteiger partial charge in [0.15, 0.2) is 0 Å². The van der Waals surface area contributed by atoms with Crippen LogP contribution in [-0.4, -0.2) is 19.0 Å². The lowest BCUT2D eigenvalue weighted by Gasteiger charge is -2.28. The van der Waals surface area contributed by atoms with Crippen LogP contribution in [0.15, 0.2) is 0 Å². The Bertz CT molecular complexity index is 336. The van der Waals surface area contributed by atoms with Crippen LogP contribution in [0.5, 0.6) is 0 Å². The van der Waals surface area contributed by atoms with Crippen LogP contribution in [0.25, 0.3) is 0 Å². The molecule has 3 atom stereocenters. The van der Waals surface area contributed by atoms with Crippen LogP contribution in [0.3, 0.4) is 0 Å². The van der Waals surface area contributed by atoms with Crippen LogP contribution in [0.1, 0.15) is 57.8 Å². The van der Waals surface area contributed by atoms with Gasteiger partial charge in [0.25, 0.3) is 0 Å². The van der Waals surface area contributed by atoms with E-state index in [1.165, 1.54) is 51.4 Å². The van der Waals surface area contributed by atoms with Crippen molar-refractivity contribution >= 4 is 5.91 Å². The molecule has 19 heavy (non-hydrogen) atoms. The van der Waals surface area contributed by atoms with Gasteiger partial charge in [-0.15, -0.1) is 0 Å². The molecule has 0 saturated heterocycles. The van der Waals surface area contributed by atoms with E-state index in [1.54, 1.807) is 0 Å². The highest BCUT2D eigenvalue weighted by molar-refractivity contribution is 5.76. The molecule has 3 rings (SSSR count). The van der Waals surface area contributed by atoms with E-state index in [0.717, 1.165) is 31.3 Å². The zero-order valence-corrected chi connectivity index (χ0v) is 12.0. The van der Waals surface area contributed by atoms with Gasteiger partial charge in [0.05, 0.1) is 0 Å². The molecule has 3 fully saturated rings. The van der Waals surface area contributed by atoms with E-state index in [0.29, 0.717) is 5.92 Å². The summed E-state index contributed by atoms with van der Waals surface area (Å²) in [6, 6.07) is 0. The molecule has 3 N–H and O–H groups in total. The largest absolute Gasteiger partial charge is 0.355 e. The summed E-state index contributed by atoms with van der Waals surface area (Å²) < 4.78 is 0. The number of rotatable bonds is 5. The fraction of sp³-hybridized carbons (Fsp3) is 0.938. The number of nitrogens with two attached hydrogens (primary N) is 1. The summed E-state index contributed by atoms with van der Waals surface area (Å²) in [5, 5.41) is 3.18. The monoisotopic (exact) mass is 264 g/mol. The van der Waals surface area contributed by atoms with Gasteiger partial charge in [-0.05, 0) is 61.8 Å². The molecule has 0 aliphatic heterocycles. The number of carbonyl (C=O) groups excluding carboxylic acids is 1. The summed E-state index contributed by atoms with van der Waals surface area (Å²) in [4.78, 5) is 12.1. The molecule has 3 saturated carbocycles. The second-order valence-corrected chi connectivity index (χ2v) is 7.33. The SMILES string of the molecule is NCC1(CNC(=O)CC2CC3CCC2C3)CCCC1. The molecule has 108 valence electrons. The molecule has 0 heterocycles. The third-order valence-corrected chi connectivity index (χ3v) is 6.09. The molecule has 0 aromatic carbocycles. The van der Waals surface area contributed by atoms with Gasteiger partial charge in [-0.25, -0.2) is 0 Å². The predicted molar refractivity (Wildman–Crippen MR) is 76.5 cm³/mol. The average molecular weight is 264 g/mol. The Balaban J connectivity index is 1.44. The third kappa shape index (κ3) is 2.81. The first kappa shape index (κ1) is 13.4. The Hall–Kier alpha value is -0.570. The number of nitrogens with one attached hydrogen (secondary N) is 1. The highest BCUT2D eigenvalue weighted by Gasteiger charge is 2.40. The normalized spacial score (nSPS) is 35.7. The molecule has 3 aliphatic rings. The summed E-state index contributed by atoms with van der Waals surface area (Å²) in [5.74, 6) is 2.74. The van der Waals surface area contributed by atoms with Gasteiger partial charge in [-0.1, -0.05) is 19.3 Å². The minimum absolute atomic E-state index is 0.213. The van der Waals surface area contributed by atoms with Crippen LogP contribution in [0, 0.1) is 23.2 Å². The minimum atomic E-state index is 0.213. The van der Waals surface area contributed by atoms with Crippen molar-refractivity contribution in [2.24, 2.45) is 28.9 Å². The van der Waals surface area contributed by atoms with Crippen LogP contribution in [-0.2, 0) is 4.79 Å². The van der Waals surface area contributed by atoms with Gasteiger partial charge in [0, 0.05) is 13.0 Å². The lowest BCUT2D eigenvalue weighted by atomic mass is 9.85. The lowest BCUT2D eigenvalue weighted by Crippen LogP contribution is -2.41. The molecular formula is C16H28N2O. The fourth-order valence-electron chi connectivity index (χ4n) is 4.80. The van der Waals surface area contributed by atoms with E-state index in [9.17, 15) is 4.79 Å². The van der Waals surface area contributed by atoms with Crippen molar-refractivity contribution in [2.45, 2.75) is 57.8 Å². The summed E-state index contributed by atoms with van der Waals surface area (Å²) in [6.07, 6.45) is 11.2. The van der Waals surface area contributed by atoms with Crippen molar-refractivity contribution < 1.29 is 4.79 Å². The topological polar surface area (TPSA) is 55.1 Å². The first-order chi connectivity index (χ1) is 9.21. The minimum Gasteiger partial charge on any atom is -0.355 e. The zero-order valence-electron chi connectivity index (χ0n) is 12.0. The van der Waals surface area contributed by atoms with Crippen molar-refractivity contribution in [3.63, 3.8) is 0 Å². The number of fused-ring (bicyclic) bond motifs is 2.